The molecule has 0 rings (SSSR count). The number of rotatable bonds is 1. The summed E-state index contributed by atoms with van der Waals surface area (Å²) in [6, 6.07) is 0. The second kappa shape index (κ2) is 4.52. The molecule has 0 saturated carbocycles. The summed E-state index contributed by atoms with van der Waals surface area (Å²) in [5.74, 6) is -0.109. The molecule has 1 amide bonds. The fourth-order valence-electron chi connectivity index (χ4n) is 0.469. The van der Waals surface area contributed by atoms with Crippen LogP contribution in [0.15, 0.2) is 0 Å². The summed E-state index contributed by atoms with van der Waals surface area (Å²) in [6.45, 7) is 5.82. The molecule has 3 nitrogen and oxygen atoms in total. The summed E-state index contributed by atoms with van der Waals surface area (Å²) >= 11 is 0. The summed E-state index contributed by atoms with van der Waals surface area (Å²) in [6.07, 6.45) is 0. The second-order valence-electron chi connectivity index (χ2n) is 3.00. The number of hydrogen-bond acceptors (Lipinski definition) is 2. The van der Waals surface area contributed by atoms with Crippen LogP contribution in [0.2, 0.25) is 0 Å². The van der Waals surface area contributed by atoms with Crippen molar-refractivity contribution in [3.8, 4) is 0 Å². The Labute approximate surface area is 67.8 Å². The average Bonchev–Trinajstić information content (AvgIpc) is 1.62. The van der Waals surface area contributed by atoms with Crippen molar-refractivity contribution in [3.05, 3.63) is 0 Å². The molecule has 62 valence electrons. The lowest BCUT2D eigenvalue weighted by Crippen LogP contribution is -2.43. The van der Waals surface area contributed by atoms with Crippen LogP contribution in [0.25, 0.3) is 0 Å². The molecule has 0 spiro atoms. The molecular weight excluding hydrogens is 152 g/mol. The maximum Gasteiger partial charge on any atom is 0.234 e. The summed E-state index contributed by atoms with van der Waals surface area (Å²) < 4.78 is 0. The van der Waals surface area contributed by atoms with E-state index in [4.69, 9.17) is 5.73 Å². The lowest BCUT2D eigenvalue weighted by molar-refractivity contribution is -0.121. The van der Waals surface area contributed by atoms with E-state index in [1.54, 1.807) is 0 Å². The maximum atomic E-state index is 10.6. The van der Waals surface area contributed by atoms with Crippen LogP contribution in [-0.4, -0.2) is 18.0 Å². The molecule has 0 radical (unpaired) electrons. The molecule has 0 unspecified atom stereocenters. The van der Waals surface area contributed by atoms with E-state index in [0.717, 1.165) is 0 Å². The Morgan fingerprint density at radius 2 is 1.90 bits per heavy atom. The van der Waals surface area contributed by atoms with E-state index >= 15 is 0 Å². The van der Waals surface area contributed by atoms with E-state index < -0.39 is 0 Å². The third-order valence-electron chi connectivity index (χ3n) is 0.700. The van der Waals surface area contributed by atoms with Crippen LogP contribution in [0.1, 0.15) is 20.8 Å². The number of hydrogen-bond donors (Lipinski definition) is 2. The van der Waals surface area contributed by atoms with E-state index in [0.29, 0.717) is 0 Å². The van der Waals surface area contributed by atoms with Crippen molar-refractivity contribution in [1.29, 1.82) is 0 Å². The zero-order valence-electron chi connectivity index (χ0n) is 6.60. The highest BCUT2D eigenvalue weighted by Gasteiger charge is 2.11. The van der Waals surface area contributed by atoms with Gasteiger partial charge in [-0.15, -0.1) is 12.4 Å². The minimum atomic E-state index is -0.156. The van der Waals surface area contributed by atoms with Gasteiger partial charge in [0.1, 0.15) is 0 Å². The molecule has 0 fully saturated rings. The summed E-state index contributed by atoms with van der Waals surface area (Å²) in [5.41, 5.74) is 4.91. The van der Waals surface area contributed by atoms with Gasteiger partial charge in [0.25, 0.3) is 0 Å². The highest BCUT2D eigenvalue weighted by atomic mass is 35.5. The zero-order valence-corrected chi connectivity index (χ0v) is 7.42. The van der Waals surface area contributed by atoms with E-state index in [1.165, 1.54) is 0 Å². The van der Waals surface area contributed by atoms with Crippen LogP contribution >= 0.6 is 12.4 Å². The molecule has 0 aromatic rings. The van der Waals surface area contributed by atoms with E-state index in [9.17, 15) is 4.79 Å². The first kappa shape index (κ1) is 12.4. The molecule has 3 N–H and O–H groups in total. The van der Waals surface area contributed by atoms with Crippen LogP contribution in [0.3, 0.4) is 0 Å². The zero-order chi connectivity index (χ0) is 7.49. The first-order chi connectivity index (χ1) is 3.95. The molecule has 0 aliphatic carbocycles. The van der Waals surface area contributed by atoms with Crippen molar-refractivity contribution >= 4 is 18.3 Å². The van der Waals surface area contributed by atoms with Crippen molar-refractivity contribution in [1.82, 2.24) is 5.32 Å². The van der Waals surface area contributed by atoms with Crippen LogP contribution in [-0.2, 0) is 4.79 Å². The number of nitrogens with two attached hydrogens (primary N) is 1. The summed E-state index contributed by atoms with van der Waals surface area (Å²) in [7, 11) is 0. The van der Waals surface area contributed by atoms with Crippen molar-refractivity contribution in [2.45, 2.75) is 26.3 Å². The predicted molar refractivity (Wildman–Crippen MR) is 44.2 cm³/mol. The van der Waals surface area contributed by atoms with Gasteiger partial charge in [-0.2, -0.15) is 0 Å². The number of carbonyl (C=O) groups excluding carboxylic acids is 1. The Morgan fingerprint density at radius 3 is 2.00 bits per heavy atom. The van der Waals surface area contributed by atoms with Crippen LogP contribution in [0, 0.1) is 0 Å². The monoisotopic (exact) mass is 166 g/mol. The van der Waals surface area contributed by atoms with Crippen molar-refractivity contribution in [2.75, 3.05) is 6.54 Å². The van der Waals surface area contributed by atoms with Crippen molar-refractivity contribution in [3.63, 3.8) is 0 Å². The molecule has 0 aromatic carbocycles. The Morgan fingerprint density at radius 1 is 1.50 bits per heavy atom. The lowest BCUT2D eigenvalue weighted by Gasteiger charge is -2.19. The molecule has 0 heterocycles. The minimum absolute atomic E-state index is 0. The molecular formula is C6H15ClN2O. The van der Waals surface area contributed by atoms with Crippen LogP contribution in [0.4, 0.5) is 0 Å². The standard InChI is InChI=1S/C6H14N2O.ClH/c1-6(2,3)8-5(9)4-7;/h4,7H2,1-3H3,(H,8,9);1H. The van der Waals surface area contributed by atoms with E-state index in [-0.39, 0.29) is 30.4 Å². The van der Waals surface area contributed by atoms with E-state index in [1.807, 2.05) is 20.8 Å². The Balaban J connectivity index is 0. The fourth-order valence-corrected chi connectivity index (χ4v) is 0.469. The number of nitrogens with one attached hydrogen (secondary N) is 1. The van der Waals surface area contributed by atoms with Gasteiger partial charge in [0, 0.05) is 5.54 Å². The highest BCUT2D eigenvalue weighted by Crippen LogP contribution is 1.96. The van der Waals surface area contributed by atoms with E-state index in [2.05, 4.69) is 5.32 Å². The Hall–Kier alpha value is -0.280. The molecule has 0 bridgehead atoms. The van der Waals surface area contributed by atoms with Crippen LogP contribution < -0.4 is 11.1 Å². The SMILES string of the molecule is CC(C)(C)NC(=O)CN.Cl. The maximum absolute atomic E-state index is 10.6. The topological polar surface area (TPSA) is 55.1 Å². The second-order valence-corrected chi connectivity index (χ2v) is 3.00. The summed E-state index contributed by atoms with van der Waals surface area (Å²) in [5, 5.41) is 2.70. The Bertz CT molecular complexity index is 109. The average molecular weight is 167 g/mol. The highest BCUT2D eigenvalue weighted by molar-refractivity contribution is 5.85. The van der Waals surface area contributed by atoms with Gasteiger partial charge in [-0.25, -0.2) is 0 Å². The molecule has 10 heavy (non-hydrogen) atoms. The van der Waals surface area contributed by atoms with Gasteiger partial charge in [-0.1, -0.05) is 0 Å². The van der Waals surface area contributed by atoms with Gasteiger partial charge in [0.2, 0.25) is 5.91 Å². The smallest absolute Gasteiger partial charge is 0.234 e. The number of carbonyl (C=O) groups is 1. The first-order valence-corrected chi connectivity index (χ1v) is 2.97. The molecule has 0 aliphatic heterocycles. The fraction of sp³-hybridized carbons (Fsp3) is 0.833. The van der Waals surface area contributed by atoms with Gasteiger partial charge >= 0.3 is 0 Å². The predicted octanol–water partition coefficient (Wildman–Crippen LogP) is 0.282. The lowest BCUT2D eigenvalue weighted by atomic mass is 10.1. The molecule has 0 saturated heterocycles. The molecule has 0 atom stereocenters. The summed E-state index contributed by atoms with van der Waals surface area (Å²) in [4.78, 5) is 10.6. The quantitative estimate of drug-likeness (QED) is 0.588. The molecule has 4 heteroatoms. The number of halogens is 1. The van der Waals surface area contributed by atoms with Crippen LogP contribution in [0.5, 0.6) is 0 Å². The van der Waals surface area contributed by atoms with Crippen molar-refractivity contribution < 1.29 is 4.79 Å². The van der Waals surface area contributed by atoms with Crippen molar-refractivity contribution in [2.24, 2.45) is 5.73 Å². The van der Waals surface area contributed by atoms with Gasteiger partial charge in [0.15, 0.2) is 0 Å². The van der Waals surface area contributed by atoms with Gasteiger partial charge in [-0.05, 0) is 20.8 Å². The normalized spacial score (nSPS) is 10.0. The molecule has 0 aliphatic rings. The van der Waals surface area contributed by atoms with Gasteiger partial charge in [-0.3, -0.25) is 4.79 Å². The largest absolute Gasteiger partial charge is 0.350 e. The Kier molecular flexibility index (Phi) is 5.61. The van der Waals surface area contributed by atoms with Gasteiger partial charge in [0.05, 0.1) is 6.54 Å². The van der Waals surface area contributed by atoms with Gasteiger partial charge < -0.3 is 11.1 Å². The number of amides is 1. The molecule has 0 aromatic heterocycles. The third-order valence-corrected chi connectivity index (χ3v) is 0.700. The first-order valence-electron chi connectivity index (χ1n) is 2.97. The third kappa shape index (κ3) is 7.72. The minimum Gasteiger partial charge on any atom is -0.350 e.